The summed E-state index contributed by atoms with van der Waals surface area (Å²) in [6, 6.07) is 12.0. The Morgan fingerprint density at radius 3 is 2.53 bits per heavy atom. The molecule has 0 aliphatic carbocycles. The molecule has 1 aromatic carbocycles. The fraction of sp³-hybridized carbons (Fsp3) is 0.0769. The summed E-state index contributed by atoms with van der Waals surface area (Å²) < 4.78 is 0. The van der Waals surface area contributed by atoms with E-state index in [1.807, 2.05) is 43.3 Å². The summed E-state index contributed by atoms with van der Waals surface area (Å²) in [7, 11) is 0. The second kappa shape index (κ2) is 4.65. The summed E-state index contributed by atoms with van der Waals surface area (Å²) in [6.07, 6.45) is 1.67. The first-order valence-corrected chi connectivity index (χ1v) is 5.28. The highest BCUT2D eigenvalue weighted by atomic mass is 15.2. The van der Waals surface area contributed by atoms with Gasteiger partial charge in [-0.2, -0.15) is 5.10 Å². The number of benzene rings is 1. The average molecular weight is 226 g/mol. The van der Waals surface area contributed by atoms with Gasteiger partial charge in [-0.05, 0) is 18.6 Å². The third-order valence-corrected chi connectivity index (χ3v) is 2.55. The second-order valence-electron chi connectivity index (χ2n) is 3.78. The monoisotopic (exact) mass is 226 g/mol. The summed E-state index contributed by atoms with van der Waals surface area (Å²) in [5.41, 5.74) is 9.52. The van der Waals surface area contributed by atoms with E-state index >= 15 is 0 Å². The zero-order chi connectivity index (χ0) is 12.3. The number of nitrogens with two attached hydrogens (primary N) is 2. The molecule has 1 heterocycles. The largest absolute Gasteiger partial charge is 0.380 e. The maximum absolute atomic E-state index is 5.72. The Morgan fingerprint density at radius 2 is 1.88 bits per heavy atom. The van der Waals surface area contributed by atoms with Crippen molar-refractivity contribution in [2.24, 2.45) is 16.7 Å². The molecule has 2 aromatic rings. The van der Waals surface area contributed by atoms with Crippen molar-refractivity contribution in [3.05, 3.63) is 53.9 Å². The molecule has 0 spiro atoms. The number of pyridine rings is 1. The Hall–Kier alpha value is -2.36. The molecule has 1 aromatic heterocycles. The lowest BCUT2D eigenvalue weighted by molar-refractivity contribution is 1.19. The zero-order valence-corrected chi connectivity index (χ0v) is 9.59. The van der Waals surface area contributed by atoms with Gasteiger partial charge in [0.1, 0.15) is 5.69 Å². The van der Waals surface area contributed by atoms with Crippen LogP contribution in [0.4, 0.5) is 0 Å². The van der Waals surface area contributed by atoms with E-state index in [1.54, 1.807) is 6.20 Å². The molecule has 0 radical (unpaired) electrons. The van der Waals surface area contributed by atoms with E-state index in [2.05, 4.69) is 10.1 Å². The molecule has 0 amide bonds. The van der Waals surface area contributed by atoms with Crippen LogP contribution < -0.4 is 11.6 Å². The molecule has 0 fully saturated rings. The molecule has 0 atom stereocenters. The summed E-state index contributed by atoms with van der Waals surface area (Å²) in [6.45, 7) is 2.05. The Morgan fingerprint density at radius 1 is 1.18 bits per heavy atom. The van der Waals surface area contributed by atoms with Gasteiger partial charge in [0.05, 0.1) is 0 Å². The Balaban J connectivity index is 2.55. The molecule has 0 aliphatic rings. The van der Waals surface area contributed by atoms with Crippen molar-refractivity contribution >= 4 is 5.84 Å². The maximum Gasteiger partial charge on any atom is 0.169 e. The molecule has 2 rings (SSSR count). The molecule has 86 valence electrons. The van der Waals surface area contributed by atoms with Crippen LogP contribution in [0.15, 0.2) is 47.7 Å². The number of nitrogens with zero attached hydrogens (tertiary/aromatic N) is 2. The Bertz CT molecular complexity index is 544. The molecular weight excluding hydrogens is 212 g/mol. The Labute approximate surface area is 100.0 Å². The van der Waals surface area contributed by atoms with Gasteiger partial charge in [-0.3, -0.25) is 4.98 Å². The first-order valence-electron chi connectivity index (χ1n) is 5.28. The van der Waals surface area contributed by atoms with Crippen LogP contribution in [0.5, 0.6) is 0 Å². The molecule has 17 heavy (non-hydrogen) atoms. The van der Waals surface area contributed by atoms with Crippen LogP contribution in [0, 0.1) is 6.92 Å². The van der Waals surface area contributed by atoms with E-state index in [1.165, 1.54) is 5.56 Å². The van der Waals surface area contributed by atoms with Crippen LogP contribution in [-0.4, -0.2) is 10.8 Å². The molecular formula is C13H14N4. The minimum absolute atomic E-state index is 0.237. The van der Waals surface area contributed by atoms with E-state index in [4.69, 9.17) is 11.6 Å². The van der Waals surface area contributed by atoms with E-state index in [9.17, 15) is 0 Å². The van der Waals surface area contributed by atoms with Crippen LogP contribution in [0.3, 0.4) is 0 Å². The second-order valence-corrected chi connectivity index (χ2v) is 3.78. The van der Waals surface area contributed by atoms with Crippen molar-refractivity contribution in [2.45, 2.75) is 6.92 Å². The molecule has 0 saturated carbocycles. The molecule has 0 saturated heterocycles. The van der Waals surface area contributed by atoms with Crippen LogP contribution >= 0.6 is 0 Å². The first-order chi connectivity index (χ1) is 8.22. The fourth-order valence-electron chi connectivity index (χ4n) is 1.64. The van der Waals surface area contributed by atoms with Gasteiger partial charge in [-0.1, -0.05) is 35.9 Å². The first kappa shape index (κ1) is 11.1. The molecule has 4 heteroatoms. The highest BCUT2D eigenvalue weighted by Gasteiger charge is 2.08. The highest BCUT2D eigenvalue weighted by Crippen LogP contribution is 2.22. The van der Waals surface area contributed by atoms with Crippen LogP contribution in [0.25, 0.3) is 11.1 Å². The number of amidine groups is 1. The SMILES string of the molecule is Cc1ccc(-c2cccnc2/C(N)=N/N)cc1. The molecule has 0 unspecified atom stereocenters. The number of hydrogen-bond donors (Lipinski definition) is 2. The normalized spacial score (nSPS) is 11.5. The van der Waals surface area contributed by atoms with E-state index in [0.717, 1.165) is 11.1 Å². The quantitative estimate of drug-likeness (QED) is 0.353. The fourth-order valence-corrected chi connectivity index (χ4v) is 1.64. The van der Waals surface area contributed by atoms with Gasteiger partial charge in [0.2, 0.25) is 0 Å². The number of rotatable bonds is 2. The average Bonchev–Trinajstić information content (AvgIpc) is 2.39. The molecule has 0 aliphatic heterocycles. The summed E-state index contributed by atoms with van der Waals surface area (Å²) >= 11 is 0. The molecule has 4 N–H and O–H groups in total. The number of hydrogen-bond acceptors (Lipinski definition) is 3. The van der Waals surface area contributed by atoms with Crippen LogP contribution in [0.1, 0.15) is 11.3 Å². The number of aromatic nitrogens is 1. The smallest absolute Gasteiger partial charge is 0.169 e. The van der Waals surface area contributed by atoms with E-state index in [-0.39, 0.29) is 5.84 Å². The lowest BCUT2D eigenvalue weighted by atomic mass is 10.0. The van der Waals surface area contributed by atoms with Crippen molar-refractivity contribution in [1.29, 1.82) is 0 Å². The van der Waals surface area contributed by atoms with E-state index in [0.29, 0.717) is 5.69 Å². The summed E-state index contributed by atoms with van der Waals surface area (Å²) in [5, 5.41) is 3.49. The molecule has 0 bridgehead atoms. The third-order valence-electron chi connectivity index (χ3n) is 2.55. The lowest BCUT2D eigenvalue weighted by Crippen LogP contribution is -2.18. The maximum atomic E-state index is 5.72. The van der Waals surface area contributed by atoms with Crippen LogP contribution in [0.2, 0.25) is 0 Å². The predicted octanol–water partition coefficient (Wildman–Crippen LogP) is 1.64. The standard InChI is InChI=1S/C13H14N4/c1-9-4-6-10(7-5-9)11-3-2-8-16-12(11)13(14)17-15/h2-8H,15H2,1H3,(H2,14,17). The van der Waals surface area contributed by atoms with Gasteiger partial charge in [0.15, 0.2) is 5.84 Å². The van der Waals surface area contributed by atoms with Crippen molar-refractivity contribution in [2.75, 3.05) is 0 Å². The van der Waals surface area contributed by atoms with Gasteiger partial charge < -0.3 is 11.6 Å². The lowest BCUT2D eigenvalue weighted by Gasteiger charge is -2.07. The van der Waals surface area contributed by atoms with Crippen molar-refractivity contribution in [3.8, 4) is 11.1 Å². The predicted molar refractivity (Wildman–Crippen MR) is 69.3 cm³/mol. The minimum Gasteiger partial charge on any atom is -0.380 e. The van der Waals surface area contributed by atoms with Crippen molar-refractivity contribution in [1.82, 2.24) is 4.98 Å². The van der Waals surface area contributed by atoms with Gasteiger partial charge in [0.25, 0.3) is 0 Å². The summed E-state index contributed by atoms with van der Waals surface area (Å²) in [4.78, 5) is 4.21. The minimum atomic E-state index is 0.237. The summed E-state index contributed by atoms with van der Waals surface area (Å²) in [5.74, 6) is 5.44. The Kier molecular flexibility index (Phi) is 3.05. The van der Waals surface area contributed by atoms with Gasteiger partial charge in [-0.15, -0.1) is 0 Å². The van der Waals surface area contributed by atoms with E-state index < -0.39 is 0 Å². The van der Waals surface area contributed by atoms with Gasteiger partial charge in [0, 0.05) is 11.8 Å². The highest BCUT2D eigenvalue weighted by molar-refractivity contribution is 6.01. The zero-order valence-electron chi connectivity index (χ0n) is 9.59. The van der Waals surface area contributed by atoms with Crippen molar-refractivity contribution in [3.63, 3.8) is 0 Å². The molecule has 4 nitrogen and oxygen atoms in total. The van der Waals surface area contributed by atoms with Gasteiger partial charge in [-0.25, -0.2) is 0 Å². The number of aryl methyl sites for hydroxylation is 1. The third kappa shape index (κ3) is 2.25. The topological polar surface area (TPSA) is 77.3 Å². The van der Waals surface area contributed by atoms with Crippen LogP contribution in [-0.2, 0) is 0 Å². The van der Waals surface area contributed by atoms with Crippen molar-refractivity contribution < 1.29 is 0 Å². The number of hydrazone groups is 1. The van der Waals surface area contributed by atoms with Gasteiger partial charge >= 0.3 is 0 Å².